The van der Waals surface area contributed by atoms with Gasteiger partial charge in [0.2, 0.25) is 0 Å². The third-order valence-electron chi connectivity index (χ3n) is 3.01. The summed E-state index contributed by atoms with van der Waals surface area (Å²) >= 11 is 5.72. The van der Waals surface area contributed by atoms with Crippen LogP contribution in [0.4, 0.5) is 13.2 Å². The Morgan fingerprint density at radius 1 is 1.19 bits per heavy atom. The van der Waals surface area contributed by atoms with E-state index < -0.39 is 11.7 Å². The molecule has 0 spiro atoms. The van der Waals surface area contributed by atoms with E-state index in [4.69, 9.17) is 23.1 Å². The van der Waals surface area contributed by atoms with Crippen LogP contribution in [-0.4, -0.2) is 18.6 Å². The third-order valence-corrected chi connectivity index (χ3v) is 3.23. The molecule has 3 nitrogen and oxygen atoms in total. The number of hydrogen-bond donors (Lipinski definition) is 3. The molecular weight excluding hydrogens is 303 g/mol. The Balaban J connectivity index is 2.50. The molecule has 0 heterocycles. The summed E-state index contributed by atoms with van der Waals surface area (Å²) in [6.45, 7) is 2.71. The number of alkyl halides is 3. The van der Waals surface area contributed by atoms with E-state index in [1.807, 2.05) is 6.92 Å². The van der Waals surface area contributed by atoms with Gasteiger partial charge in [-0.2, -0.15) is 13.2 Å². The molecule has 0 aliphatic heterocycles. The normalized spacial score (nSPS) is 15.0. The summed E-state index contributed by atoms with van der Waals surface area (Å²) in [5.74, 6) is 0. The molecule has 0 bridgehead atoms. The first-order valence-electron chi connectivity index (χ1n) is 6.77. The Bertz CT molecular complexity index is 450. The summed E-state index contributed by atoms with van der Waals surface area (Å²) in [5.41, 5.74) is 11.3. The Morgan fingerprint density at radius 2 is 1.86 bits per heavy atom. The van der Waals surface area contributed by atoms with Crippen LogP contribution < -0.4 is 16.8 Å². The van der Waals surface area contributed by atoms with Crippen molar-refractivity contribution in [2.45, 2.75) is 44.6 Å². The molecule has 1 aromatic carbocycles. The molecule has 1 unspecified atom stereocenters. The maximum absolute atomic E-state index is 12.7. The molecular formula is C14H21ClF3N3. The lowest BCUT2D eigenvalue weighted by Gasteiger charge is -2.15. The van der Waals surface area contributed by atoms with Crippen molar-refractivity contribution >= 4 is 11.6 Å². The predicted molar refractivity (Wildman–Crippen MR) is 79.0 cm³/mol. The predicted octanol–water partition coefficient (Wildman–Crippen LogP) is 2.90. The zero-order chi connectivity index (χ0) is 16.0. The standard InChI is InChI=1S/C14H21ClF3N3/c1-9(19)2-3-13(20)8-21-7-10-4-11(14(16,17)18)6-12(15)5-10/h4-6,9,13,21H,2-3,7-8,19-20H2,1H3/t9?,13-/m0/s1. The molecule has 0 aliphatic carbocycles. The minimum Gasteiger partial charge on any atom is -0.328 e. The van der Waals surface area contributed by atoms with Gasteiger partial charge in [0.15, 0.2) is 0 Å². The van der Waals surface area contributed by atoms with E-state index in [1.54, 1.807) is 0 Å². The van der Waals surface area contributed by atoms with Crippen LogP contribution in [0.5, 0.6) is 0 Å². The number of nitrogens with two attached hydrogens (primary N) is 2. The average Bonchev–Trinajstić information content (AvgIpc) is 2.34. The van der Waals surface area contributed by atoms with Crippen molar-refractivity contribution in [3.05, 3.63) is 34.3 Å². The third kappa shape index (κ3) is 7.13. The molecule has 0 saturated carbocycles. The van der Waals surface area contributed by atoms with Crippen LogP contribution in [0.15, 0.2) is 18.2 Å². The van der Waals surface area contributed by atoms with Crippen molar-refractivity contribution < 1.29 is 13.2 Å². The molecule has 2 atom stereocenters. The van der Waals surface area contributed by atoms with E-state index in [9.17, 15) is 13.2 Å². The minimum absolute atomic E-state index is 0.0720. The molecule has 1 rings (SSSR count). The van der Waals surface area contributed by atoms with Gasteiger partial charge in [-0.3, -0.25) is 0 Å². The number of nitrogens with one attached hydrogen (secondary N) is 1. The van der Waals surface area contributed by atoms with Gasteiger partial charge in [-0.15, -0.1) is 0 Å². The van der Waals surface area contributed by atoms with Crippen LogP contribution in [0.2, 0.25) is 5.02 Å². The first-order valence-corrected chi connectivity index (χ1v) is 7.15. The lowest BCUT2D eigenvalue weighted by molar-refractivity contribution is -0.137. The molecule has 120 valence electrons. The SMILES string of the molecule is CC(N)CC[C@H](N)CNCc1cc(Cl)cc(C(F)(F)F)c1. The maximum Gasteiger partial charge on any atom is 0.416 e. The van der Waals surface area contributed by atoms with Crippen molar-refractivity contribution in [3.8, 4) is 0 Å². The quantitative estimate of drug-likeness (QED) is 0.723. The summed E-state index contributed by atoms with van der Waals surface area (Å²) in [6, 6.07) is 3.54. The van der Waals surface area contributed by atoms with Gasteiger partial charge in [0.05, 0.1) is 5.56 Å². The number of rotatable bonds is 7. The molecule has 0 fully saturated rings. The summed E-state index contributed by atoms with van der Waals surface area (Å²) in [4.78, 5) is 0. The highest BCUT2D eigenvalue weighted by Crippen LogP contribution is 2.31. The van der Waals surface area contributed by atoms with Gasteiger partial charge in [-0.25, -0.2) is 0 Å². The monoisotopic (exact) mass is 323 g/mol. The summed E-state index contributed by atoms with van der Waals surface area (Å²) in [7, 11) is 0. The Kier molecular flexibility index (Phi) is 6.93. The first kappa shape index (κ1) is 18.2. The van der Waals surface area contributed by atoms with Crippen molar-refractivity contribution in [2.75, 3.05) is 6.54 Å². The fourth-order valence-electron chi connectivity index (χ4n) is 1.90. The number of benzene rings is 1. The van der Waals surface area contributed by atoms with Gasteiger partial charge < -0.3 is 16.8 Å². The lowest BCUT2D eigenvalue weighted by Crippen LogP contribution is -2.34. The molecule has 0 saturated heterocycles. The zero-order valence-corrected chi connectivity index (χ0v) is 12.6. The van der Waals surface area contributed by atoms with Crippen LogP contribution in [0.1, 0.15) is 30.9 Å². The highest BCUT2D eigenvalue weighted by atomic mass is 35.5. The van der Waals surface area contributed by atoms with Crippen LogP contribution in [0, 0.1) is 0 Å². The Morgan fingerprint density at radius 3 is 2.43 bits per heavy atom. The van der Waals surface area contributed by atoms with Crippen molar-refractivity contribution in [1.82, 2.24) is 5.32 Å². The van der Waals surface area contributed by atoms with E-state index in [0.717, 1.165) is 25.0 Å². The van der Waals surface area contributed by atoms with Gasteiger partial charge in [0, 0.05) is 30.2 Å². The average molecular weight is 324 g/mol. The van der Waals surface area contributed by atoms with Crippen LogP contribution in [0.3, 0.4) is 0 Å². The van der Waals surface area contributed by atoms with E-state index in [-0.39, 0.29) is 23.7 Å². The highest BCUT2D eigenvalue weighted by Gasteiger charge is 2.31. The van der Waals surface area contributed by atoms with E-state index in [1.165, 1.54) is 6.07 Å². The van der Waals surface area contributed by atoms with Gasteiger partial charge in [-0.1, -0.05) is 11.6 Å². The topological polar surface area (TPSA) is 64.1 Å². The summed E-state index contributed by atoms with van der Waals surface area (Å²) in [5, 5.41) is 3.11. The summed E-state index contributed by atoms with van der Waals surface area (Å²) in [6.07, 6.45) is -2.81. The molecule has 1 aromatic rings. The zero-order valence-electron chi connectivity index (χ0n) is 11.9. The fraction of sp³-hybridized carbons (Fsp3) is 0.571. The molecule has 21 heavy (non-hydrogen) atoms. The second-order valence-electron chi connectivity index (χ2n) is 5.29. The van der Waals surface area contributed by atoms with Crippen molar-refractivity contribution in [3.63, 3.8) is 0 Å². The minimum atomic E-state index is -4.40. The second-order valence-corrected chi connectivity index (χ2v) is 5.73. The molecule has 5 N–H and O–H groups in total. The molecule has 0 amide bonds. The van der Waals surface area contributed by atoms with Crippen molar-refractivity contribution in [2.24, 2.45) is 11.5 Å². The van der Waals surface area contributed by atoms with E-state index in [2.05, 4.69) is 5.32 Å². The van der Waals surface area contributed by atoms with E-state index in [0.29, 0.717) is 12.1 Å². The Hall–Kier alpha value is -0.820. The van der Waals surface area contributed by atoms with Crippen LogP contribution in [0.25, 0.3) is 0 Å². The fourth-order valence-corrected chi connectivity index (χ4v) is 2.15. The smallest absolute Gasteiger partial charge is 0.328 e. The maximum atomic E-state index is 12.7. The van der Waals surface area contributed by atoms with Crippen molar-refractivity contribution in [1.29, 1.82) is 0 Å². The molecule has 0 aliphatic rings. The molecule has 0 radical (unpaired) electrons. The van der Waals surface area contributed by atoms with Gasteiger partial charge in [0.1, 0.15) is 0 Å². The van der Waals surface area contributed by atoms with Gasteiger partial charge in [-0.05, 0) is 43.5 Å². The summed E-state index contributed by atoms with van der Waals surface area (Å²) < 4.78 is 38.0. The highest BCUT2D eigenvalue weighted by molar-refractivity contribution is 6.30. The van der Waals surface area contributed by atoms with Gasteiger partial charge >= 0.3 is 6.18 Å². The van der Waals surface area contributed by atoms with Crippen LogP contribution >= 0.6 is 11.6 Å². The number of halogens is 4. The lowest BCUT2D eigenvalue weighted by atomic mass is 10.1. The second kappa shape index (κ2) is 7.98. The largest absolute Gasteiger partial charge is 0.416 e. The first-order chi connectivity index (χ1) is 9.68. The molecule has 0 aromatic heterocycles. The van der Waals surface area contributed by atoms with Gasteiger partial charge in [0.25, 0.3) is 0 Å². The van der Waals surface area contributed by atoms with E-state index >= 15 is 0 Å². The molecule has 7 heteroatoms. The Labute approximate surface area is 127 Å². The van der Waals surface area contributed by atoms with Crippen LogP contribution in [-0.2, 0) is 12.7 Å². The number of hydrogen-bond acceptors (Lipinski definition) is 3.